The highest BCUT2D eigenvalue weighted by Crippen LogP contribution is 2.61. The topological polar surface area (TPSA) is 66.4 Å². The molecule has 6 heteroatoms. The SMILES string of the molecule is CC1(C)[C@H]2CC(NS(=O)(=O)CCc3ccc(Cl)cc3)=C(CCO)[C@@H]1C2. The summed E-state index contributed by atoms with van der Waals surface area (Å²) in [7, 11) is -3.40. The maximum atomic E-state index is 12.5. The van der Waals surface area contributed by atoms with Crippen molar-refractivity contribution in [2.45, 2.75) is 39.5 Å². The van der Waals surface area contributed by atoms with Gasteiger partial charge in [0.15, 0.2) is 0 Å². The van der Waals surface area contributed by atoms with E-state index in [0.717, 1.165) is 29.7 Å². The van der Waals surface area contributed by atoms with Crippen LogP contribution in [0.4, 0.5) is 0 Å². The molecule has 2 N–H and O–H groups in total. The second kappa shape index (κ2) is 6.93. The molecule has 1 saturated carbocycles. The van der Waals surface area contributed by atoms with Gasteiger partial charge in [-0.05, 0) is 66.2 Å². The van der Waals surface area contributed by atoms with Gasteiger partial charge in [0, 0.05) is 17.3 Å². The molecule has 0 radical (unpaired) electrons. The minimum atomic E-state index is -3.40. The van der Waals surface area contributed by atoms with Gasteiger partial charge in [0.1, 0.15) is 0 Å². The number of aryl methyl sites for hydroxylation is 1. The van der Waals surface area contributed by atoms with Gasteiger partial charge in [0.05, 0.1) is 5.75 Å². The number of benzene rings is 1. The maximum Gasteiger partial charge on any atom is 0.232 e. The minimum absolute atomic E-state index is 0.0449. The van der Waals surface area contributed by atoms with Crippen LogP contribution in [0.5, 0.6) is 0 Å². The number of allylic oxidation sites excluding steroid dienone is 1. The highest BCUT2D eigenvalue weighted by molar-refractivity contribution is 7.89. The highest BCUT2D eigenvalue weighted by atomic mass is 35.5. The molecule has 4 rings (SSSR count). The molecule has 0 saturated heterocycles. The fraction of sp³-hybridized carbons (Fsp3) is 0.579. The van der Waals surface area contributed by atoms with E-state index in [0.29, 0.717) is 29.7 Å². The third-order valence-corrected chi connectivity index (χ3v) is 7.51. The second-order valence-electron chi connectivity index (χ2n) is 7.79. The molecule has 0 aliphatic heterocycles. The van der Waals surface area contributed by atoms with Crippen LogP contribution in [-0.4, -0.2) is 25.9 Å². The molecule has 2 bridgehead atoms. The number of fused-ring (bicyclic) bond motifs is 1. The van der Waals surface area contributed by atoms with Gasteiger partial charge in [0.2, 0.25) is 10.0 Å². The third-order valence-electron chi connectivity index (χ3n) is 5.96. The quantitative estimate of drug-likeness (QED) is 0.757. The Morgan fingerprint density at radius 3 is 2.52 bits per heavy atom. The molecular weight excluding hydrogens is 358 g/mol. The number of sulfonamides is 1. The molecule has 4 nitrogen and oxygen atoms in total. The standard InChI is InChI=1S/C19H26ClNO3S/c1-19(2)14-11-17(19)16(7-9-22)18(12-14)21-25(23,24)10-8-13-3-5-15(20)6-4-13/h3-6,14,17,21-22H,7-12H2,1-2H3/t14-,17+/m1/s1. The summed E-state index contributed by atoms with van der Waals surface area (Å²) < 4.78 is 27.9. The van der Waals surface area contributed by atoms with Crippen molar-refractivity contribution in [1.29, 1.82) is 0 Å². The molecule has 3 aliphatic rings. The predicted molar refractivity (Wildman–Crippen MR) is 101 cm³/mol. The molecular formula is C19H26ClNO3S. The largest absolute Gasteiger partial charge is 0.396 e. The van der Waals surface area contributed by atoms with E-state index in [2.05, 4.69) is 18.6 Å². The highest BCUT2D eigenvalue weighted by Gasteiger charge is 2.53. The molecule has 0 amide bonds. The van der Waals surface area contributed by atoms with E-state index in [9.17, 15) is 13.5 Å². The van der Waals surface area contributed by atoms with Crippen LogP contribution in [0.3, 0.4) is 0 Å². The molecule has 0 spiro atoms. The van der Waals surface area contributed by atoms with Crippen molar-refractivity contribution in [3.63, 3.8) is 0 Å². The monoisotopic (exact) mass is 383 g/mol. The van der Waals surface area contributed by atoms with Crippen molar-refractivity contribution < 1.29 is 13.5 Å². The van der Waals surface area contributed by atoms with E-state index in [4.69, 9.17) is 11.6 Å². The average molecular weight is 384 g/mol. The molecule has 25 heavy (non-hydrogen) atoms. The number of hydrogen-bond donors (Lipinski definition) is 2. The lowest BCUT2D eigenvalue weighted by molar-refractivity contribution is -0.0149. The van der Waals surface area contributed by atoms with Crippen LogP contribution in [0.15, 0.2) is 35.5 Å². The molecule has 1 aromatic rings. The lowest BCUT2D eigenvalue weighted by Crippen LogP contribution is -2.51. The van der Waals surface area contributed by atoms with Crippen LogP contribution in [0.25, 0.3) is 0 Å². The van der Waals surface area contributed by atoms with E-state index < -0.39 is 10.0 Å². The normalized spacial score (nSPS) is 24.8. The lowest BCUT2D eigenvalue weighted by Gasteiger charge is -2.58. The van der Waals surface area contributed by atoms with E-state index in [1.807, 2.05) is 12.1 Å². The van der Waals surface area contributed by atoms with Crippen molar-refractivity contribution >= 4 is 21.6 Å². The third kappa shape index (κ3) is 3.88. The van der Waals surface area contributed by atoms with Crippen molar-refractivity contribution in [3.05, 3.63) is 46.1 Å². The summed E-state index contributed by atoms with van der Waals surface area (Å²) in [5.41, 5.74) is 3.09. The smallest absolute Gasteiger partial charge is 0.232 e. The van der Waals surface area contributed by atoms with Gasteiger partial charge < -0.3 is 5.11 Å². The summed E-state index contributed by atoms with van der Waals surface area (Å²) in [6.07, 6.45) is 2.88. The first kappa shape index (κ1) is 18.7. The van der Waals surface area contributed by atoms with Crippen LogP contribution < -0.4 is 4.72 Å². The number of nitrogens with one attached hydrogen (secondary N) is 1. The Balaban J connectivity index is 1.71. The summed E-state index contributed by atoms with van der Waals surface area (Å²) in [5.74, 6) is 0.949. The van der Waals surface area contributed by atoms with Crippen molar-refractivity contribution in [2.24, 2.45) is 17.3 Å². The van der Waals surface area contributed by atoms with Crippen LogP contribution in [0.2, 0.25) is 5.02 Å². The van der Waals surface area contributed by atoms with E-state index in [1.165, 1.54) is 0 Å². The number of halogens is 1. The molecule has 2 atom stereocenters. The van der Waals surface area contributed by atoms with Crippen molar-refractivity contribution in [3.8, 4) is 0 Å². The molecule has 1 fully saturated rings. The molecule has 0 unspecified atom stereocenters. The van der Waals surface area contributed by atoms with E-state index in [1.54, 1.807) is 12.1 Å². The van der Waals surface area contributed by atoms with Crippen LogP contribution in [-0.2, 0) is 16.4 Å². The average Bonchev–Trinajstić information content (AvgIpc) is 2.55. The van der Waals surface area contributed by atoms with E-state index in [-0.39, 0.29) is 17.8 Å². The Hall–Kier alpha value is -1.04. The number of aliphatic hydroxyl groups is 1. The first-order valence-electron chi connectivity index (χ1n) is 8.80. The number of hydrogen-bond acceptors (Lipinski definition) is 3. The Kier molecular flexibility index (Phi) is 5.20. The molecule has 0 aromatic heterocycles. The van der Waals surface area contributed by atoms with Crippen LogP contribution >= 0.6 is 11.6 Å². The zero-order valence-corrected chi connectivity index (χ0v) is 16.3. The Labute approximate surface area is 155 Å². The van der Waals surface area contributed by atoms with E-state index >= 15 is 0 Å². The summed E-state index contributed by atoms with van der Waals surface area (Å²) in [6.45, 7) is 4.55. The van der Waals surface area contributed by atoms with Gasteiger partial charge in [-0.15, -0.1) is 0 Å². The van der Waals surface area contributed by atoms with Gasteiger partial charge in [-0.2, -0.15) is 0 Å². The summed E-state index contributed by atoms with van der Waals surface area (Å²) in [4.78, 5) is 0. The van der Waals surface area contributed by atoms with Crippen LogP contribution in [0, 0.1) is 17.3 Å². The Bertz CT molecular complexity index is 768. The first-order valence-corrected chi connectivity index (χ1v) is 10.8. The first-order chi connectivity index (χ1) is 11.7. The minimum Gasteiger partial charge on any atom is -0.396 e. The molecule has 138 valence electrons. The van der Waals surface area contributed by atoms with Gasteiger partial charge >= 0.3 is 0 Å². The van der Waals surface area contributed by atoms with Crippen molar-refractivity contribution in [1.82, 2.24) is 4.72 Å². The maximum absolute atomic E-state index is 12.5. The Morgan fingerprint density at radius 2 is 1.92 bits per heavy atom. The van der Waals surface area contributed by atoms with Gasteiger partial charge in [-0.3, -0.25) is 4.72 Å². The molecule has 3 aliphatic carbocycles. The van der Waals surface area contributed by atoms with Gasteiger partial charge in [0.25, 0.3) is 0 Å². The predicted octanol–water partition coefficient (Wildman–Crippen LogP) is 3.50. The van der Waals surface area contributed by atoms with Crippen LogP contribution in [0.1, 0.15) is 38.7 Å². The van der Waals surface area contributed by atoms with Gasteiger partial charge in [-0.25, -0.2) is 8.42 Å². The summed E-state index contributed by atoms with van der Waals surface area (Å²) >= 11 is 5.86. The summed E-state index contributed by atoms with van der Waals surface area (Å²) in [5, 5.41) is 10.0. The zero-order chi connectivity index (χ0) is 18.2. The molecule has 0 heterocycles. The lowest BCUT2D eigenvalue weighted by atomic mass is 9.48. The zero-order valence-electron chi connectivity index (χ0n) is 14.8. The Morgan fingerprint density at radius 1 is 1.24 bits per heavy atom. The number of rotatable bonds is 7. The number of aliphatic hydroxyl groups excluding tert-OH is 1. The molecule has 1 aromatic carbocycles. The summed E-state index contributed by atoms with van der Waals surface area (Å²) in [6, 6.07) is 7.25. The fourth-order valence-corrected chi connectivity index (χ4v) is 5.56. The fourth-order valence-electron chi connectivity index (χ4n) is 4.24. The second-order valence-corrected chi connectivity index (χ2v) is 10.1. The van der Waals surface area contributed by atoms with Crippen molar-refractivity contribution in [2.75, 3.05) is 12.4 Å². The van der Waals surface area contributed by atoms with Gasteiger partial charge in [-0.1, -0.05) is 37.6 Å².